The second kappa shape index (κ2) is 8.98. The molecule has 0 bridgehead atoms. The molecule has 24 heavy (non-hydrogen) atoms. The van der Waals surface area contributed by atoms with E-state index in [1.165, 1.54) is 12.3 Å². The van der Waals surface area contributed by atoms with Crippen molar-refractivity contribution >= 4 is 39.8 Å². The number of hydrogen-bond acceptors (Lipinski definition) is 3. The summed E-state index contributed by atoms with van der Waals surface area (Å²) >= 11 is 0. The summed E-state index contributed by atoms with van der Waals surface area (Å²) in [6.45, 7) is 1.22. The number of guanidine groups is 1. The number of benzene rings is 1. The van der Waals surface area contributed by atoms with E-state index in [9.17, 15) is 12.8 Å². The van der Waals surface area contributed by atoms with Gasteiger partial charge in [0.1, 0.15) is 15.7 Å². The zero-order chi connectivity index (χ0) is 16.9. The van der Waals surface area contributed by atoms with Crippen LogP contribution in [0, 0.1) is 5.82 Å². The highest BCUT2D eigenvalue weighted by Crippen LogP contribution is 2.47. The molecule has 136 valence electrons. The first-order valence-electron chi connectivity index (χ1n) is 7.73. The monoisotopic (exact) mass is 469 g/mol. The summed E-state index contributed by atoms with van der Waals surface area (Å²) in [4.78, 5) is 4.14. The highest BCUT2D eigenvalue weighted by Gasteiger charge is 2.44. The molecular formula is C16H25FIN3O2S. The van der Waals surface area contributed by atoms with E-state index in [2.05, 4.69) is 15.6 Å². The lowest BCUT2D eigenvalue weighted by molar-refractivity contribution is 0.596. The molecule has 1 aliphatic rings. The van der Waals surface area contributed by atoms with Gasteiger partial charge in [0, 0.05) is 31.8 Å². The van der Waals surface area contributed by atoms with Gasteiger partial charge in [-0.25, -0.2) is 12.8 Å². The number of hydrogen-bond donors (Lipinski definition) is 2. The van der Waals surface area contributed by atoms with Crippen LogP contribution in [0.3, 0.4) is 0 Å². The van der Waals surface area contributed by atoms with Crippen LogP contribution in [0.2, 0.25) is 0 Å². The molecule has 2 rings (SSSR count). The van der Waals surface area contributed by atoms with Gasteiger partial charge in [-0.1, -0.05) is 12.1 Å². The molecule has 1 aromatic carbocycles. The van der Waals surface area contributed by atoms with Crippen LogP contribution in [0.5, 0.6) is 0 Å². The van der Waals surface area contributed by atoms with Crippen molar-refractivity contribution < 1.29 is 12.8 Å². The standard InChI is InChI=1S/C16H24FN3O2S.HI/c1-18-15(19-9-4-10-23(2,21)22)20-12-16(7-8-16)13-5-3-6-14(17)11-13;/h3,5-6,11H,4,7-10,12H2,1-2H3,(H2,18,19,20);1H. The Bertz CT molecular complexity index is 676. The van der Waals surface area contributed by atoms with Crippen molar-refractivity contribution in [3.05, 3.63) is 35.6 Å². The van der Waals surface area contributed by atoms with Crippen LogP contribution in [-0.4, -0.2) is 46.5 Å². The van der Waals surface area contributed by atoms with E-state index >= 15 is 0 Å². The Morgan fingerprint density at radius 2 is 2.04 bits per heavy atom. The van der Waals surface area contributed by atoms with Gasteiger partial charge in [0.05, 0.1) is 5.75 Å². The molecule has 1 aliphatic carbocycles. The lowest BCUT2D eigenvalue weighted by Gasteiger charge is -2.19. The van der Waals surface area contributed by atoms with Gasteiger partial charge in [-0.2, -0.15) is 0 Å². The minimum Gasteiger partial charge on any atom is -0.356 e. The predicted octanol–water partition coefficient (Wildman–Crippen LogP) is 2.08. The number of sulfone groups is 1. The fraction of sp³-hybridized carbons (Fsp3) is 0.562. The van der Waals surface area contributed by atoms with Crippen LogP contribution < -0.4 is 10.6 Å². The second-order valence-corrected chi connectivity index (χ2v) is 8.39. The molecule has 1 saturated carbocycles. The lowest BCUT2D eigenvalue weighted by Crippen LogP contribution is -2.41. The number of nitrogens with one attached hydrogen (secondary N) is 2. The van der Waals surface area contributed by atoms with Gasteiger partial charge < -0.3 is 10.6 Å². The zero-order valence-electron chi connectivity index (χ0n) is 14.0. The number of aliphatic imine (C=N–C) groups is 1. The largest absolute Gasteiger partial charge is 0.356 e. The predicted molar refractivity (Wildman–Crippen MR) is 106 cm³/mol. The Morgan fingerprint density at radius 1 is 1.33 bits per heavy atom. The van der Waals surface area contributed by atoms with Gasteiger partial charge in [0.15, 0.2) is 5.96 Å². The van der Waals surface area contributed by atoms with Crippen molar-refractivity contribution in [2.45, 2.75) is 24.7 Å². The summed E-state index contributed by atoms with van der Waals surface area (Å²) in [6.07, 6.45) is 3.81. The van der Waals surface area contributed by atoms with E-state index in [1.54, 1.807) is 19.2 Å². The van der Waals surface area contributed by atoms with Crippen LogP contribution in [0.15, 0.2) is 29.3 Å². The third kappa shape index (κ3) is 6.54. The zero-order valence-corrected chi connectivity index (χ0v) is 17.2. The maximum Gasteiger partial charge on any atom is 0.191 e. The smallest absolute Gasteiger partial charge is 0.191 e. The van der Waals surface area contributed by atoms with Gasteiger partial charge in [-0.15, -0.1) is 24.0 Å². The number of nitrogens with zero attached hydrogens (tertiary/aromatic N) is 1. The topological polar surface area (TPSA) is 70.6 Å². The minimum atomic E-state index is -2.93. The van der Waals surface area contributed by atoms with Gasteiger partial charge >= 0.3 is 0 Å². The quantitative estimate of drug-likeness (QED) is 0.278. The Labute approximate surface area is 160 Å². The molecule has 0 amide bonds. The fourth-order valence-electron chi connectivity index (χ4n) is 2.55. The SMILES string of the molecule is CN=C(NCCCS(C)(=O)=O)NCC1(c2cccc(F)c2)CC1.I. The maximum atomic E-state index is 13.4. The Balaban J connectivity index is 0.00000288. The van der Waals surface area contributed by atoms with E-state index in [1.807, 2.05) is 6.07 Å². The molecule has 0 spiro atoms. The summed E-state index contributed by atoms with van der Waals surface area (Å²) in [7, 11) is -1.26. The second-order valence-electron chi connectivity index (χ2n) is 6.13. The summed E-state index contributed by atoms with van der Waals surface area (Å²) in [6, 6.07) is 6.75. The Hall–Kier alpha value is -0.900. The van der Waals surface area contributed by atoms with Crippen LogP contribution in [0.25, 0.3) is 0 Å². The van der Waals surface area contributed by atoms with Crippen molar-refractivity contribution in [2.75, 3.05) is 32.1 Å². The molecular weight excluding hydrogens is 444 g/mol. The molecule has 1 fully saturated rings. The molecule has 8 heteroatoms. The lowest BCUT2D eigenvalue weighted by atomic mass is 9.96. The average molecular weight is 469 g/mol. The number of halogens is 2. The molecule has 0 atom stereocenters. The molecule has 0 aliphatic heterocycles. The van der Waals surface area contributed by atoms with Crippen LogP contribution in [0.1, 0.15) is 24.8 Å². The summed E-state index contributed by atoms with van der Waals surface area (Å²) in [5, 5.41) is 6.36. The molecule has 0 unspecified atom stereocenters. The number of rotatable bonds is 7. The molecule has 0 heterocycles. The Morgan fingerprint density at radius 3 is 2.58 bits per heavy atom. The van der Waals surface area contributed by atoms with Gasteiger partial charge in [-0.3, -0.25) is 4.99 Å². The maximum absolute atomic E-state index is 13.4. The van der Waals surface area contributed by atoms with Crippen molar-refractivity contribution in [1.29, 1.82) is 0 Å². The van der Waals surface area contributed by atoms with Crippen LogP contribution in [-0.2, 0) is 15.3 Å². The molecule has 1 aromatic rings. The summed E-state index contributed by atoms with van der Waals surface area (Å²) < 4.78 is 35.6. The summed E-state index contributed by atoms with van der Waals surface area (Å²) in [5.41, 5.74) is 0.990. The van der Waals surface area contributed by atoms with Gasteiger partial charge in [0.2, 0.25) is 0 Å². The van der Waals surface area contributed by atoms with Gasteiger partial charge in [0.25, 0.3) is 0 Å². The van der Waals surface area contributed by atoms with Gasteiger partial charge in [-0.05, 0) is 37.0 Å². The molecule has 2 N–H and O–H groups in total. The van der Waals surface area contributed by atoms with Crippen LogP contribution in [0.4, 0.5) is 4.39 Å². The summed E-state index contributed by atoms with van der Waals surface area (Å²) in [5.74, 6) is 0.586. The normalized spacial score (nSPS) is 16.2. The van der Waals surface area contributed by atoms with Crippen molar-refractivity contribution in [2.24, 2.45) is 4.99 Å². The Kier molecular flexibility index (Phi) is 7.91. The highest BCUT2D eigenvalue weighted by molar-refractivity contribution is 14.0. The molecule has 5 nitrogen and oxygen atoms in total. The van der Waals surface area contributed by atoms with Crippen molar-refractivity contribution in [3.63, 3.8) is 0 Å². The average Bonchev–Trinajstić information content (AvgIpc) is 3.27. The molecule has 0 aromatic heterocycles. The first kappa shape index (κ1) is 21.1. The van der Waals surface area contributed by atoms with E-state index in [0.717, 1.165) is 18.4 Å². The minimum absolute atomic E-state index is 0. The van der Waals surface area contributed by atoms with Crippen molar-refractivity contribution in [1.82, 2.24) is 10.6 Å². The first-order chi connectivity index (χ1) is 10.8. The van der Waals surface area contributed by atoms with E-state index in [4.69, 9.17) is 0 Å². The van der Waals surface area contributed by atoms with Crippen molar-refractivity contribution in [3.8, 4) is 0 Å². The van der Waals surface area contributed by atoms with Crippen LogP contribution >= 0.6 is 24.0 Å². The molecule has 0 saturated heterocycles. The molecule has 0 radical (unpaired) electrons. The van der Waals surface area contributed by atoms with E-state index < -0.39 is 9.84 Å². The van der Waals surface area contributed by atoms with E-state index in [0.29, 0.717) is 25.5 Å². The fourth-order valence-corrected chi connectivity index (χ4v) is 3.22. The third-order valence-electron chi connectivity index (χ3n) is 4.09. The first-order valence-corrected chi connectivity index (χ1v) is 9.79. The van der Waals surface area contributed by atoms with E-state index in [-0.39, 0.29) is 41.0 Å². The third-order valence-corrected chi connectivity index (χ3v) is 5.12. The highest BCUT2D eigenvalue weighted by atomic mass is 127.